The van der Waals surface area contributed by atoms with Crippen molar-refractivity contribution in [2.75, 3.05) is 10.2 Å². The molecule has 0 unspecified atom stereocenters. The maximum absolute atomic E-state index is 13.5. The molecule has 1 aliphatic heterocycles. The topological polar surface area (TPSA) is 15.3 Å². The number of hydrogen-bond acceptors (Lipinski definition) is 1. The van der Waals surface area contributed by atoms with Crippen molar-refractivity contribution < 1.29 is 4.39 Å². The van der Waals surface area contributed by atoms with Crippen LogP contribution in [0.1, 0.15) is 35.6 Å². The van der Waals surface area contributed by atoms with Gasteiger partial charge in [-0.2, -0.15) is 0 Å². The second kappa shape index (κ2) is 6.52. The van der Waals surface area contributed by atoms with E-state index in [1.807, 2.05) is 6.07 Å². The van der Waals surface area contributed by atoms with Crippen LogP contribution in [-0.2, 0) is 6.42 Å². The van der Waals surface area contributed by atoms with Crippen LogP contribution in [0.15, 0.2) is 30.3 Å². The van der Waals surface area contributed by atoms with Gasteiger partial charge in [0.2, 0.25) is 0 Å². The van der Waals surface area contributed by atoms with E-state index in [2.05, 4.69) is 50.0 Å². The number of benzene rings is 2. The van der Waals surface area contributed by atoms with Crippen molar-refractivity contribution in [2.24, 2.45) is 0 Å². The Kier molecular flexibility index (Phi) is 4.59. The first-order valence-corrected chi connectivity index (χ1v) is 8.74. The summed E-state index contributed by atoms with van der Waals surface area (Å²) < 4.78 is 13.5. The fourth-order valence-corrected chi connectivity index (χ4v) is 3.95. The molecule has 0 spiro atoms. The second-order valence-electron chi connectivity index (χ2n) is 6.73. The van der Waals surface area contributed by atoms with E-state index in [1.54, 1.807) is 6.07 Å². The lowest BCUT2D eigenvalue weighted by atomic mass is 9.97. The van der Waals surface area contributed by atoms with E-state index in [4.69, 9.17) is 12.2 Å². The molecule has 1 atom stereocenters. The molecule has 24 heavy (non-hydrogen) atoms. The summed E-state index contributed by atoms with van der Waals surface area (Å²) in [4.78, 5) is 2.12. The number of hydrogen-bond donors (Lipinski definition) is 1. The first-order chi connectivity index (χ1) is 11.4. The van der Waals surface area contributed by atoms with E-state index in [0.717, 1.165) is 29.8 Å². The van der Waals surface area contributed by atoms with Gasteiger partial charge in [-0.15, -0.1) is 0 Å². The van der Waals surface area contributed by atoms with Crippen molar-refractivity contribution in [2.45, 2.75) is 46.6 Å². The van der Waals surface area contributed by atoms with Crippen molar-refractivity contribution in [3.8, 4) is 0 Å². The number of aryl methyl sites for hydroxylation is 4. The molecule has 0 radical (unpaired) electrons. The number of fused-ring (bicyclic) bond motifs is 1. The smallest absolute Gasteiger partial charge is 0.178 e. The molecule has 0 saturated heterocycles. The summed E-state index contributed by atoms with van der Waals surface area (Å²) in [5.74, 6) is -0.188. The highest BCUT2D eigenvalue weighted by atomic mass is 32.1. The molecule has 2 aromatic carbocycles. The molecule has 0 aliphatic carbocycles. The average Bonchev–Trinajstić information content (AvgIpc) is 2.50. The number of thiocarbonyl (C=S) groups is 1. The zero-order chi connectivity index (χ0) is 17.4. The molecule has 4 heteroatoms. The summed E-state index contributed by atoms with van der Waals surface area (Å²) in [7, 11) is 0. The SMILES string of the molecule is Cc1cc(C)c(NC(=S)N2c3ccc(F)cc3CC[C@@H]2C)c(C)c1. The molecule has 1 heterocycles. The maximum atomic E-state index is 13.5. The van der Waals surface area contributed by atoms with Crippen LogP contribution < -0.4 is 10.2 Å². The van der Waals surface area contributed by atoms with Crippen molar-refractivity contribution >= 4 is 28.7 Å². The Morgan fingerprint density at radius 1 is 1.17 bits per heavy atom. The van der Waals surface area contributed by atoms with Gasteiger partial charge < -0.3 is 10.2 Å². The molecular formula is C20H23FN2S. The summed E-state index contributed by atoms with van der Waals surface area (Å²) in [6.45, 7) is 8.44. The van der Waals surface area contributed by atoms with Crippen LogP contribution >= 0.6 is 12.2 Å². The van der Waals surface area contributed by atoms with Gasteiger partial charge >= 0.3 is 0 Å². The average molecular weight is 342 g/mol. The Bertz CT molecular complexity index is 777. The first-order valence-electron chi connectivity index (χ1n) is 8.33. The number of nitrogens with one attached hydrogen (secondary N) is 1. The first kappa shape index (κ1) is 16.9. The summed E-state index contributed by atoms with van der Waals surface area (Å²) in [6, 6.07) is 9.56. The van der Waals surface area contributed by atoms with Gasteiger partial charge in [0.05, 0.1) is 0 Å². The zero-order valence-corrected chi connectivity index (χ0v) is 15.4. The fourth-order valence-electron chi connectivity index (χ4n) is 3.57. The van der Waals surface area contributed by atoms with Crippen molar-refractivity contribution in [3.63, 3.8) is 0 Å². The molecule has 126 valence electrons. The molecule has 0 fully saturated rings. The Morgan fingerprint density at radius 2 is 1.83 bits per heavy atom. The molecule has 2 aromatic rings. The van der Waals surface area contributed by atoms with Crippen LogP contribution in [0, 0.1) is 26.6 Å². The molecule has 1 N–H and O–H groups in total. The molecule has 0 amide bonds. The third kappa shape index (κ3) is 3.16. The predicted octanol–water partition coefficient (Wildman–Crippen LogP) is 5.29. The quantitative estimate of drug-likeness (QED) is 0.709. The highest BCUT2D eigenvalue weighted by Crippen LogP contribution is 2.32. The van der Waals surface area contributed by atoms with Crippen molar-refractivity contribution in [3.05, 3.63) is 58.4 Å². The number of anilines is 2. The third-order valence-corrected chi connectivity index (χ3v) is 5.00. The van der Waals surface area contributed by atoms with Gasteiger partial charge in [-0.25, -0.2) is 4.39 Å². The third-order valence-electron chi connectivity index (χ3n) is 4.70. The normalized spacial score (nSPS) is 16.7. The second-order valence-corrected chi connectivity index (χ2v) is 7.12. The highest BCUT2D eigenvalue weighted by molar-refractivity contribution is 7.80. The van der Waals surface area contributed by atoms with Gasteiger partial charge in [0.25, 0.3) is 0 Å². The van der Waals surface area contributed by atoms with E-state index >= 15 is 0 Å². The van der Waals surface area contributed by atoms with Gasteiger partial charge in [-0.1, -0.05) is 17.7 Å². The van der Waals surface area contributed by atoms with Gasteiger partial charge in [0.1, 0.15) is 5.82 Å². The van der Waals surface area contributed by atoms with Gasteiger partial charge in [0, 0.05) is 17.4 Å². The van der Waals surface area contributed by atoms with Crippen LogP contribution in [-0.4, -0.2) is 11.2 Å². The van der Waals surface area contributed by atoms with Crippen molar-refractivity contribution in [1.29, 1.82) is 0 Å². The maximum Gasteiger partial charge on any atom is 0.178 e. The van der Waals surface area contributed by atoms with E-state index < -0.39 is 0 Å². The summed E-state index contributed by atoms with van der Waals surface area (Å²) in [6.07, 6.45) is 1.85. The lowest BCUT2D eigenvalue weighted by Crippen LogP contribution is -2.44. The zero-order valence-electron chi connectivity index (χ0n) is 14.6. The van der Waals surface area contributed by atoms with Crippen molar-refractivity contribution in [1.82, 2.24) is 0 Å². The lowest BCUT2D eigenvalue weighted by molar-refractivity contribution is 0.604. The molecule has 0 aromatic heterocycles. The minimum Gasteiger partial charge on any atom is -0.332 e. The van der Waals surface area contributed by atoms with Crippen LogP contribution in [0.4, 0.5) is 15.8 Å². The highest BCUT2D eigenvalue weighted by Gasteiger charge is 2.26. The van der Waals surface area contributed by atoms with Gasteiger partial charge in [0.15, 0.2) is 5.11 Å². The largest absolute Gasteiger partial charge is 0.332 e. The minimum absolute atomic E-state index is 0.188. The molecule has 0 saturated carbocycles. The standard InChI is InChI=1S/C20H23FN2S/c1-12-9-13(2)19(14(3)10-12)22-20(24)23-15(4)5-6-16-11-17(21)7-8-18(16)23/h7-11,15H,5-6H2,1-4H3,(H,22,24)/t15-/m0/s1. The Morgan fingerprint density at radius 3 is 2.50 bits per heavy atom. The Hall–Kier alpha value is -1.94. The van der Waals surface area contributed by atoms with Crippen LogP contribution in [0.5, 0.6) is 0 Å². The van der Waals surface area contributed by atoms with Crippen LogP contribution in [0.25, 0.3) is 0 Å². The van der Waals surface area contributed by atoms with Crippen LogP contribution in [0.2, 0.25) is 0 Å². The number of rotatable bonds is 1. The molecule has 2 nitrogen and oxygen atoms in total. The van der Waals surface area contributed by atoms with Crippen LogP contribution in [0.3, 0.4) is 0 Å². The van der Waals surface area contributed by atoms with E-state index in [1.165, 1.54) is 22.8 Å². The summed E-state index contributed by atoms with van der Waals surface area (Å²) in [5, 5.41) is 4.10. The van der Waals surface area contributed by atoms with E-state index in [-0.39, 0.29) is 11.9 Å². The Balaban J connectivity index is 1.93. The Labute approximate surface area is 148 Å². The monoisotopic (exact) mass is 342 g/mol. The molecule has 0 bridgehead atoms. The predicted molar refractivity (Wildman–Crippen MR) is 104 cm³/mol. The van der Waals surface area contributed by atoms with Gasteiger partial charge in [-0.3, -0.25) is 0 Å². The number of nitrogens with zero attached hydrogens (tertiary/aromatic N) is 1. The lowest BCUT2D eigenvalue weighted by Gasteiger charge is -2.37. The molecular weight excluding hydrogens is 319 g/mol. The summed E-state index contributed by atoms with van der Waals surface area (Å²) in [5.41, 5.74) is 6.70. The molecule has 1 aliphatic rings. The van der Waals surface area contributed by atoms with Gasteiger partial charge in [-0.05, 0) is 87.6 Å². The summed E-state index contributed by atoms with van der Waals surface area (Å²) >= 11 is 5.72. The molecule has 3 rings (SSSR count). The minimum atomic E-state index is -0.188. The fraction of sp³-hybridized carbons (Fsp3) is 0.350. The van der Waals surface area contributed by atoms with E-state index in [0.29, 0.717) is 5.11 Å². The van der Waals surface area contributed by atoms with E-state index in [9.17, 15) is 4.39 Å². The number of halogens is 1.